The number of carbonyl (C=O) groups is 3. The van der Waals surface area contributed by atoms with Gasteiger partial charge in [0.25, 0.3) is 6.09 Å². The summed E-state index contributed by atoms with van der Waals surface area (Å²) >= 11 is 2.31. The van der Waals surface area contributed by atoms with Gasteiger partial charge in [-0.1, -0.05) is 35.4 Å². The van der Waals surface area contributed by atoms with Gasteiger partial charge in [0.2, 0.25) is 5.54 Å². The highest BCUT2D eigenvalue weighted by atomic mass is 127. The van der Waals surface area contributed by atoms with Gasteiger partial charge in [-0.2, -0.15) is 4.48 Å². The first-order valence-corrected chi connectivity index (χ1v) is 10.1. The maximum Gasteiger partial charge on any atom is 0.366 e. The Morgan fingerprint density at radius 1 is 1.32 bits per heavy atom. The predicted octanol–water partition coefficient (Wildman–Crippen LogP) is 2.10. The number of hydrogen-bond donors (Lipinski definition) is 1. The van der Waals surface area contributed by atoms with Crippen molar-refractivity contribution in [3.8, 4) is 0 Å². The second-order valence-corrected chi connectivity index (χ2v) is 8.77. The van der Waals surface area contributed by atoms with E-state index in [9.17, 15) is 24.6 Å². The van der Waals surface area contributed by atoms with Crippen molar-refractivity contribution >= 4 is 40.6 Å². The average Bonchev–Trinajstić information content (AvgIpc) is 2.72. The molecule has 2 unspecified atom stereocenters. The van der Waals surface area contributed by atoms with Crippen LogP contribution >= 0.6 is 22.6 Å². The second-order valence-electron chi connectivity index (χ2n) is 7.69. The Balaban J connectivity index is 3.03. The van der Waals surface area contributed by atoms with E-state index in [-0.39, 0.29) is 6.42 Å². The smallest absolute Gasteiger partial charge is 0.366 e. The Labute approximate surface area is 162 Å². The zero-order valence-corrected chi connectivity index (χ0v) is 17.5. The summed E-state index contributed by atoms with van der Waals surface area (Å²) in [6, 6.07) is 0. The molecule has 0 aromatic carbocycles. The summed E-state index contributed by atoms with van der Waals surface area (Å²) in [7, 11) is 0. The summed E-state index contributed by atoms with van der Waals surface area (Å²) in [5, 5.41) is 21.7. The van der Waals surface area contributed by atoms with Crippen molar-refractivity contribution in [1.82, 2.24) is 0 Å². The van der Waals surface area contributed by atoms with E-state index >= 15 is 0 Å². The molecule has 1 N–H and O–H groups in total. The number of hydrogen-bond acceptors (Lipinski definition) is 5. The van der Waals surface area contributed by atoms with Crippen LogP contribution in [-0.2, 0) is 14.3 Å². The number of carboxylic acids is 1. The van der Waals surface area contributed by atoms with E-state index in [0.717, 1.165) is 30.1 Å². The van der Waals surface area contributed by atoms with Crippen molar-refractivity contribution in [1.29, 1.82) is 0 Å². The zero-order valence-electron chi connectivity index (χ0n) is 15.3. The molecule has 7 nitrogen and oxygen atoms in total. The molecule has 1 aliphatic rings. The molecule has 144 valence electrons. The predicted molar refractivity (Wildman–Crippen MR) is 98.2 cm³/mol. The molecule has 0 radical (unpaired) electrons. The molecule has 0 aromatic heterocycles. The molecule has 0 saturated carbocycles. The topological polar surface area (TPSA) is 104 Å². The molecule has 1 fully saturated rings. The Hall–Kier alpha value is -0.740. The van der Waals surface area contributed by atoms with Crippen LogP contribution in [0.25, 0.3) is 0 Å². The van der Waals surface area contributed by atoms with Crippen molar-refractivity contribution in [2.24, 2.45) is 0 Å². The molecule has 1 aliphatic heterocycles. The van der Waals surface area contributed by atoms with Gasteiger partial charge < -0.3 is 19.7 Å². The third-order valence-corrected chi connectivity index (χ3v) is 5.78. The number of amides is 2. The molecule has 0 spiro atoms. The SMILES string of the molecule is CC(C)(C)[N+]1(C(=O)[O-])C(=O)[C@H](OCCCCCCI)CC1(C)C(=O)O. The number of ether oxygens (including phenoxy) is 1. The molecular formula is C17H28INO6. The third kappa shape index (κ3) is 3.85. The number of carbonyl (C=O) groups excluding carboxylic acids is 2. The molecule has 25 heavy (non-hydrogen) atoms. The van der Waals surface area contributed by atoms with Crippen molar-refractivity contribution < 1.29 is 33.8 Å². The lowest BCUT2D eigenvalue weighted by molar-refractivity contribution is -0.880. The fourth-order valence-corrected chi connectivity index (χ4v) is 4.36. The number of unbranched alkanes of at least 4 members (excludes halogenated alkanes) is 3. The van der Waals surface area contributed by atoms with Gasteiger partial charge in [0.05, 0.1) is 6.42 Å². The van der Waals surface area contributed by atoms with E-state index in [4.69, 9.17) is 4.74 Å². The lowest BCUT2D eigenvalue weighted by Gasteiger charge is -2.49. The van der Waals surface area contributed by atoms with Gasteiger partial charge in [-0.15, -0.1) is 0 Å². The fraction of sp³-hybridized carbons (Fsp3) is 0.824. The molecule has 3 atom stereocenters. The first kappa shape index (κ1) is 22.3. The number of quaternary nitrogens is 1. The highest BCUT2D eigenvalue weighted by molar-refractivity contribution is 14.1. The maximum absolute atomic E-state index is 13.0. The van der Waals surface area contributed by atoms with Crippen LogP contribution in [0.4, 0.5) is 4.79 Å². The van der Waals surface area contributed by atoms with Gasteiger partial charge >= 0.3 is 11.9 Å². The minimum atomic E-state index is -1.83. The van der Waals surface area contributed by atoms with E-state index in [2.05, 4.69) is 22.6 Å². The van der Waals surface area contributed by atoms with Gasteiger partial charge in [-0.25, -0.2) is 9.59 Å². The highest BCUT2D eigenvalue weighted by Gasteiger charge is 2.73. The molecule has 1 saturated heterocycles. The van der Waals surface area contributed by atoms with E-state index in [1.807, 2.05) is 0 Å². The van der Waals surface area contributed by atoms with Crippen LogP contribution in [0.1, 0.15) is 59.8 Å². The van der Waals surface area contributed by atoms with Crippen molar-refractivity contribution in [2.75, 3.05) is 11.0 Å². The lowest BCUT2D eigenvalue weighted by Crippen LogP contribution is -2.78. The highest BCUT2D eigenvalue weighted by Crippen LogP contribution is 2.46. The minimum absolute atomic E-state index is 0.180. The van der Waals surface area contributed by atoms with Crippen molar-refractivity contribution in [2.45, 2.75) is 77.0 Å². The molecule has 0 bridgehead atoms. The van der Waals surface area contributed by atoms with E-state index in [0.29, 0.717) is 6.61 Å². The summed E-state index contributed by atoms with van der Waals surface area (Å²) in [6.07, 6.45) is 0.969. The number of rotatable bonds is 8. The van der Waals surface area contributed by atoms with Crippen molar-refractivity contribution in [3.05, 3.63) is 0 Å². The molecule has 0 aromatic rings. The largest absolute Gasteiger partial charge is 0.498 e. The fourth-order valence-electron chi connectivity index (χ4n) is 3.82. The summed E-state index contributed by atoms with van der Waals surface area (Å²) in [4.78, 5) is 36.9. The van der Waals surface area contributed by atoms with Gasteiger partial charge in [-0.05, 0) is 38.0 Å². The number of likely N-dealkylation sites (tertiary alicyclic amines) is 1. The molecule has 8 heteroatoms. The Morgan fingerprint density at radius 2 is 1.88 bits per heavy atom. The second kappa shape index (κ2) is 8.30. The van der Waals surface area contributed by atoms with Gasteiger partial charge in [-0.3, -0.25) is 0 Å². The molecule has 2 amide bonds. The van der Waals surface area contributed by atoms with E-state index < -0.39 is 39.6 Å². The Morgan fingerprint density at radius 3 is 2.28 bits per heavy atom. The summed E-state index contributed by atoms with van der Waals surface area (Å²) in [5.41, 5.74) is -3.01. The van der Waals surface area contributed by atoms with Crippen molar-refractivity contribution in [3.63, 3.8) is 0 Å². The summed E-state index contributed by atoms with van der Waals surface area (Å²) in [5.74, 6) is -2.09. The van der Waals surface area contributed by atoms with Gasteiger partial charge in [0, 0.05) is 13.5 Å². The normalized spacial score (nSPS) is 29.8. The number of alkyl halides is 1. The molecule has 1 rings (SSSR count). The van der Waals surface area contributed by atoms with Crippen LogP contribution in [-0.4, -0.2) is 55.8 Å². The van der Waals surface area contributed by atoms with Crippen LogP contribution in [0.2, 0.25) is 0 Å². The monoisotopic (exact) mass is 469 g/mol. The van der Waals surface area contributed by atoms with Crippen LogP contribution < -0.4 is 5.11 Å². The van der Waals surface area contributed by atoms with E-state index in [1.54, 1.807) is 0 Å². The molecule has 1 heterocycles. The van der Waals surface area contributed by atoms with Crippen LogP contribution in [0.5, 0.6) is 0 Å². The number of halogens is 1. The van der Waals surface area contributed by atoms with Gasteiger partial charge in [0.1, 0.15) is 5.54 Å². The first-order valence-electron chi connectivity index (χ1n) is 8.53. The lowest BCUT2D eigenvalue weighted by atomic mass is 9.89. The summed E-state index contributed by atoms with van der Waals surface area (Å²) in [6.45, 7) is 6.21. The zero-order chi connectivity index (χ0) is 19.5. The maximum atomic E-state index is 13.0. The first-order chi connectivity index (χ1) is 11.5. The molecule has 0 aliphatic carbocycles. The molecular weight excluding hydrogens is 441 g/mol. The summed E-state index contributed by atoms with van der Waals surface area (Å²) < 4.78 is 5.44. The standard InChI is InChI=1S/C17H28INO6/c1-16(2,3)19(15(23)24)13(20)12(11-17(19,4)14(21)22)25-10-8-6-5-7-9-18/h12H,5-11H2,1-4H3,(H-,21,22,23,24)/t12-,17?,19?/m1/s1. The Bertz CT molecular complexity index is 532. The van der Waals surface area contributed by atoms with Crippen LogP contribution in [0, 0.1) is 0 Å². The van der Waals surface area contributed by atoms with E-state index in [1.165, 1.54) is 27.7 Å². The third-order valence-electron chi connectivity index (χ3n) is 5.02. The van der Waals surface area contributed by atoms with Crippen LogP contribution in [0.3, 0.4) is 0 Å². The number of imide groups is 1. The minimum Gasteiger partial charge on any atom is -0.498 e. The number of nitrogens with zero attached hydrogens (tertiary/aromatic N) is 1. The average molecular weight is 469 g/mol. The number of carboxylic acid groups (broad SMARTS) is 2. The van der Waals surface area contributed by atoms with Crippen LogP contribution in [0.15, 0.2) is 0 Å². The number of aliphatic carboxylic acids is 1. The quantitative estimate of drug-likeness (QED) is 0.253. The Kier molecular flexibility index (Phi) is 7.41. The van der Waals surface area contributed by atoms with Gasteiger partial charge in [0.15, 0.2) is 6.10 Å².